The van der Waals surface area contributed by atoms with Crippen molar-refractivity contribution in [2.75, 3.05) is 39.6 Å². The minimum absolute atomic E-state index is 0.255. The molecule has 18 heavy (non-hydrogen) atoms. The Bertz CT molecular complexity index is 197. The molecule has 0 aliphatic rings. The van der Waals surface area contributed by atoms with Crippen LogP contribution in [0.15, 0.2) is 0 Å². The van der Waals surface area contributed by atoms with E-state index in [0.29, 0.717) is 26.4 Å². The molecule has 0 fully saturated rings. The van der Waals surface area contributed by atoms with E-state index in [1.807, 2.05) is 0 Å². The summed E-state index contributed by atoms with van der Waals surface area (Å²) < 4.78 is 15.2. The molecular weight excluding hydrogens is 240 g/mol. The average Bonchev–Trinajstić information content (AvgIpc) is 2.34. The van der Waals surface area contributed by atoms with Crippen molar-refractivity contribution in [3.05, 3.63) is 0 Å². The average molecular weight is 264 g/mol. The highest BCUT2D eigenvalue weighted by molar-refractivity contribution is 5.67. The van der Waals surface area contributed by atoms with Crippen LogP contribution in [0.25, 0.3) is 0 Å². The Hall–Kier alpha value is -0.690. The molecule has 0 spiro atoms. The highest BCUT2D eigenvalue weighted by atomic mass is 16.5. The smallest absolute Gasteiger partial charge is 0.329 e. The standard InChI is InChI=1S/C12H24O6/c1-2-3-4-11(13)9-17-7-5-16-6-8-18-10-12(14)15/h11,13H,2-10H2,1H3,(H,14,15). The SMILES string of the molecule is CCCCC(O)COCCOCCOCC(=O)O. The van der Waals surface area contributed by atoms with Crippen LogP contribution >= 0.6 is 0 Å². The van der Waals surface area contributed by atoms with Gasteiger partial charge in [-0.3, -0.25) is 0 Å². The van der Waals surface area contributed by atoms with Gasteiger partial charge in [0.25, 0.3) is 0 Å². The van der Waals surface area contributed by atoms with Crippen LogP contribution in [0.1, 0.15) is 26.2 Å². The number of carboxylic acid groups (broad SMARTS) is 1. The molecule has 108 valence electrons. The van der Waals surface area contributed by atoms with Gasteiger partial charge in [0.05, 0.1) is 39.1 Å². The minimum atomic E-state index is -0.987. The Morgan fingerprint density at radius 3 is 2.33 bits per heavy atom. The lowest BCUT2D eigenvalue weighted by Crippen LogP contribution is -2.18. The Labute approximate surface area is 108 Å². The first-order chi connectivity index (χ1) is 8.66. The van der Waals surface area contributed by atoms with Crippen LogP contribution in [0, 0.1) is 0 Å². The van der Waals surface area contributed by atoms with Gasteiger partial charge in [-0.05, 0) is 6.42 Å². The Morgan fingerprint density at radius 2 is 1.72 bits per heavy atom. The van der Waals surface area contributed by atoms with Crippen molar-refractivity contribution in [1.82, 2.24) is 0 Å². The number of unbranched alkanes of at least 4 members (excludes halogenated alkanes) is 1. The number of rotatable bonds is 13. The molecule has 0 saturated heterocycles. The summed E-state index contributed by atoms with van der Waals surface area (Å²) in [5.41, 5.74) is 0. The van der Waals surface area contributed by atoms with E-state index in [1.54, 1.807) is 0 Å². The first-order valence-corrected chi connectivity index (χ1v) is 6.30. The van der Waals surface area contributed by atoms with Gasteiger partial charge in [0, 0.05) is 0 Å². The number of aliphatic hydroxyl groups excluding tert-OH is 1. The zero-order valence-electron chi connectivity index (χ0n) is 11.0. The Kier molecular flexibility index (Phi) is 12.3. The fourth-order valence-corrected chi connectivity index (χ4v) is 1.24. The molecule has 0 aliphatic carbocycles. The van der Waals surface area contributed by atoms with E-state index in [4.69, 9.17) is 19.3 Å². The molecule has 0 aromatic rings. The van der Waals surface area contributed by atoms with Crippen LogP contribution in [-0.2, 0) is 19.0 Å². The first kappa shape index (κ1) is 17.3. The van der Waals surface area contributed by atoms with E-state index in [9.17, 15) is 9.90 Å². The topological polar surface area (TPSA) is 85.2 Å². The number of carboxylic acids is 1. The molecule has 0 amide bonds. The van der Waals surface area contributed by atoms with Gasteiger partial charge in [0.1, 0.15) is 6.61 Å². The van der Waals surface area contributed by atoms with Gasteiger partial charge >= 0.3 is 5.97 Å². The predicted octanol–water partition coefficient (Wildman–Crippen LogP) is 0.672. The molecule has 0 saturated carbocycles. The van der Waals surface area contributed by atoms with Crippen molar-refractivity contribution in [3.63, 3.8) is 0 Å². The van der Waals surface area contributed by atoms with Crippen LogP contribution in [0.5, 0.6) is 0 Å². The zero-order chi connectivity index (χ0) is 13.6. The molecule has 0 aromatic carbocycles. The van der Waals surface area contributed by atoms with E-state index >= 15 is 0 Å². The van der Waals surface area contributed by atoms with Gasteiger partial charge in [-0.25, -0.2) is 4.79 Å². The normalized spacial score (nSPS) is 12.6. The van der Waals surface area contributed by atoms with Gasteiger partial charge in [-0.15, -0.1) is 0 Å². The molecule has 6 nitrogen and oxygen atoms in total. The summed E-state index contributed by atoms with van der Waals surface area (Å²) in [5.74, 6) is -0.987. The molecule has 0 heterocycles. The fourth-order valence-electron chi connectivity index (χ4n) is 1.24. The summed E-state index contributed by atoms with van der Waals surface area (Å²) in [6.45, 7) is 3.54. The number of aliphatic carboxylic acids is 1. The van der Waals surface area contributed by atoms with E-state index in [2.05, 4.69) is 6.92 Å². The lowest BCUT2D eigenvalue weighted by atomic mass is 10.2. The first-order valence-electron chi connectivity index (χ1n) is 6.30. The predicted molar refractivity (Wildman–Crippen MR) is 65.6 cm³/mol. The van der Waals surface area contributed by atoms with Crippen LogP contribution in [-0.4, -0.2) is 61.9 Å². The minimum Gasteiger partial charge on any atom is -0.480 e. The summed E-state index contributed by atoms with van der Waals surface area (Å²) in [4.78, 5) is 10.1. The molecule has 0 aromatic heterocycles. The molecule has 0 bridgehead atoms. The summed E-state index contributed by atoms with van der Waals surface area (Å²) in [7, 11) is 0. The van der Waals surface area contributed by atoms with Crippen molar-refractivity contribution in [2.24, 2.45) is 0 Å². The summed E-state index contributed by atoms with van der Waals surface area (Å²) in [6, 6.07) is 0. The van der Waals surface area contributed by atoms with E-state index in [-0.39, 0.29) is 13.2 Å². The lowest BCUT2D eigenvalue weighted by molar-refractivity contribution is -0.142. The molecule has 1 atom stereocenters. The van der Waals surface area contributed by atoms with Crippen LogP contribution in [0.4, 0.5) is 0 Å². The lowest BCUT2D eigenvalue weighted by Gasteiger charge is -2.10. The van der Waals surface area contributed by atoms with Gasteiger partial charge in [0.2, 0.25) is 0 Å². The second-order valence-corrected chi connectivity index (χ2v) is 3.93. The molecule has 0 radical (unpaired) electrons. The molecule has 0 rings (SSSR count). The summed E-state index contributed by atoms with van der Waals surface area (Å²) in [6.07, 6.45) is 2.43. The third-order valence-electron chi connectivity index (χ3n) is 2.17. The second kappa shape index (κ2) is 12.8. The van der Waals surface area contributed by atoms with Crippen molar-refractivity contribution in [3.8, 4) is 0 Å². The fraction of sp³-hybridized carbons (Fsp3) is 0.917. The van der Waals surface area contributed by atoms with Crippen LogP contribution < -0.4 is 0 Å². The summed E-state index contributed by atoms with van der Waals surface area (Å²) in [5, 5.41) is 17.8. The Balaban J connectivity index is 3.09. The van der Waals surface area contributed by atoms with Crippen molar-refractivity contribution < 1.29 is 29.2 Å². The van der Waals surface area contributed by atoms with Crippen molar-refractivity contribution >= 4 is 5.97 Å². The number of aliphatic hydroxyl groups is 1. The maximum atomic E-state index is 10.1. The molecule has 2 N–H and O–H groups in total. The third-order valence-corrected chi connectivity index (χ3v) is 2.17. The maximum absolute atomic E-state index is 10.1. The monoisotopic (exact) mass is 264 g/mol. The van der Waals surface area contributed by atoms with Crippen molar-refractivity contribution in [1.29, 1.82) is 0 Å². The maximum Gasteiger partial charge on any atom is 0.329 e. The third kappa shape index (κ3) is 13.4. The van der Waals surface area contributed by atoms with Crippen molar-refractivity contribution in [2.45, 2.75) is 32.3 Å². The number of ether oxygens (including phenoxy) is 3. The largest absolute Gasteiger partial charge is 0.480 e. The highest BCUT2D eigenvalue weighted by Crippen LogP contribution is 2.00. The molecule has 0 aliphatic heterocycles. The zero-order valence-corrected chi connectivity index (χ0v) is 11.0. The van der Waals surface area contributed by atoms with Gasteiger partial charge in [0.15, 0.2) is 0 Å². The number of carbonyl (C=O) groups is 1. The van der Waals surface area contributed by atoms with Gasteiger partial charge in [-0.2, -0.15) is 0 Å². The highest BCUT2D eigenvalue weighted by Gasteiger charge is 2.02. The molecule has 1 unspecified atom stereocenters. The van der Waals surface area contributed by atoms with Crippen LogP contribution in [0.2, 0.25) is 0 Å². The molecular formula is C12H24O6. The Morgan fingerprint density at radius 1 is 1.11 bits per heavy atom. The van der Waals surface area contributed by atoms with E-state index in [0.717, 1.165) is 19.3 Å². The second-order valence-electron chi connectivity index (χ2n) is 3.93. The summed E-state index contributed by atoms with van der Waals surface area (Å²) >= 11 is 0. The van der Waals surface area contributed by atoms with Gasteiger partial charge < -0.3 is 24.4 Å². The van der Waals surface area contributed by atoms with E-state index < -0.39 is 12.1 Å². The van der Waals surface area contributed by atoms with Gasteiger partial charge in [-0.1, -0.05) is 19.8 Å². The van der Waals surface area contributed by atoms with Crippen LogP contribution in [0.3, 0.4) is 0 Å². The molecule has 6 heteroatoms. The number of hydrogen-bond acceptors (Lipinski definition) is 5. The number of hydrogen-bond donors (Lipinski definition) is 2. The quantitative estimate of drug-likeness (QED) is 0.476. The van der Waals surface area contributed by atoms with E-state index in [1.165, 1.54) is 0 Å².